The maximum Gasteiger partial charge on any atom is 0.246 e. The van der Waals surface area contributed by atoms with E-state index in [1.807, 2.05) is 0 Å². The van der Waals surface area contributed by atoms with E-state index in [4.69, 9.17) is 21.9 Å². The summed E-state index contributed by atoms with van der Waals surface area (Å²) in [5.41, 5.74) is 17.4. The van der Waals surface area contributed by atoms with Gasteiger partial charge in [-0.3, -0.25) is 19.6 Å². The second kappa shape index (κ2) is 13.6. The van der Waals surface area contributed by atoms with Gasteiger partial charge >= 0.3 is 0 Å². The van der Waals surface area contributed by atoms with Crippen molar-refractivity contribution in [1.29, 1.82) is 0 Å². The van der Waals surface area contributed by atoms with Gasteiger partial charge in [-0.1, -0.05) is 0 Å². The molecule has 12 atom stereocenters. The van der Waals surface area contributed by atoms with E-state index in [0.29, 0.717) is 0 Å². The van der Waals surface area contributed by atoms with Crippen LogP contribution in [0.15, 0.2) is 9.98 Å². The molecule has 3 aliphatic heterocycles. The topological polar surface area (TPSA) is 344 Å². The van der Waals surface area contributed by atoms with E-state index < -0.39 is 98.1 Å². The van der Waals surface area contributed by atoms with Crippen LogP contribution in [0.3, 0.4) is 0 Å². The molecule has 20 nitrogen and oxygen atoms in total. The fourth-order valence-electron chi connectivity index (χ4n) is 4.68. The van der Waals surface area contributed by atoms with Gasteiger partial charge in [0.15, 0.2) is 18.1 Å². The summed E-state index contributed by atoms with van der Waals surface area (Å²) in [6.07, 6.45) is -11.5. The Labute approximate surface area is 232 Å². The van der Waals surface area contributed by atoms with E-state index in [-0.39, 0.29) is 31.3 Å². The van der Waals surface area contributed by atoms with Crippen LogP contribution in [0.5, 0.6) is 0 Å². The summed E-state index contributed by atoms with van der Waals surface area (Å²) in [7, 11) is 0. The van der Waals surface area contributed by atoms with E-state index in [1.165, 1.54) is 0 Å². The molecule has 0 radical (unpaired) electrons. The monoisotopic (exact) mass is 591 g/mol. The highest BCUT2D eigenvalue weighted by Gasteiger charge is 2.51. The van der Waals surface area contributed by atoms with Crippen molar-refractivity contribution < 1.29 is 54.9 Å². The van der Waals surface area contributed by atoms with Crippen molar-refractivity contribution in [3.8, 4) is 0 Å². The lowest BCUT2D eigenvalue weighted by Gasteiger charge is -2.46. The van der Waals surface area contributed by atoms with Crippen LogP contribution in [0.4, 0.5) is 0 Å². The molecule has 0 aromatic heterocycles. The Balaban J connectivity index is 1.86. The zero-order valence-corrected chi connectivity index (χ0v) is 21.7. The molecule has 3 aliphatic rings. The number of ether oxygens (including phenoxy) is 1. The normalized spacial score (nSPS) is 33.5. The van der Waals surface area contributed by atoms with Gasteiger partial charge in [-0.15, -0.1) is 0 Å². The predicted molar refractivity (Wildman–Crippen MR) is 136 cm³/mol. The minimum absolute atomic E-state index is 0.00474. The molecule has 1 fully saturated rings. The Morgan fingerprint density at radius 3 is 2.29 bits per heavy atom. The van der Waals surface area contributed by atoms with Crippen LogP contribution in [-0.4, -0.2) is 170 Å². The summed E-state index contributed by atoms with van der Waals surface area (Å²) < 4.78 is 5.52. The first kappa shape index (κ1) is 32.3. The number of nitrogens with two attached hydrogens (primary N) is 3. The highest BCUT2D eigenvalue weighted by Crippen LogP contribution is 2.28. The Kier molecular flexibility index (Phi) is 10.7. The first-order chi connectivity index (χ1) is 19.4. The van der Waals surface area contributed by atoms with Crippen molar-refractivity contribution >= 4 is 30.0 Å². The molecule has 0 spiro atoms. The molecule has 3 rings (SSSR count). The van der Waals surface area contributed by atoms with Crippen LogP contribution >= 0.6 is 0 Å². The Morgan fingerprint density at radius 1 is 1.05 bits per heavy atom. The summed E-state index contributed by atoms with van der Waals surface area (Å²) in [4.78, 5) is 46.2. The Hall–Kier alpha value is -3.21. The molecule has 232 valence electrons. The van der Waals surface area contributed by atoms with E-state index in [2.05, 4.69) is 25.9 Å². The number of aliphatic hydroxyl groups is 7. The largest absolute Gasteiger partial charge is 0.394 e. The summed E-state index contributed by atoms with van der Waals surface area (Å²) in [6.45, 7) is -1.89. The van der Waals surface area contributed by atoms with Crippen LogP contribution in [-0.2, 0) is 19.1 Å². The number of aliphatic hydroxyl groups excluding tert-OH is 7. The number of hydrogen-bond acceptors (Lipinski definition) is 18. The highest BCUT2D eigenvalue weighted by atomic mass is 16.6. The number of nitrogens with zero attached hydrogens (tertiary/aromatic N) is 3. The molecule has 41 heavy (non-hydrogen) atoms. The van der Waals surface area contributed by atoms with Crippen molar-refractivity contribution in [3.63, 3.8) is 0 Å². The lowest BCUT2D eigenvalue weighted by Crippen LogP contribution is -2.69. The van der Waals surface area contributed by atoms with Gasteiger partial charge in [0.2, 0.25) is 11.8 Å². The van der Waals surface area contributed by atoms with Gasteiger partial charge in [0.05, 0.1) is 38.4 Å². The van der Waals surface area contributed by atoms with E-state index in [1.54, 1.807) is 0 Å². The van der Waals surface area contributed by atoms with Gasteiger partial charge in [0.1, 0.15) is 61.0 Å². The molecular weight excluding hydrogens is 554 g/mol. The molecule has 0 aromatic carbocycles. The van der Waals surface area contributed by atoms with Crippen molar-refractivity contribution in [2.45, 2.75) is 73.1 Å². The maximum absolute atomic E-state index is 13.1. The van der Waals surface area contributed by atoms with Crippen molar-refractivity contribution in [2.24, 2.45) is 27.2 Å². The molecule has 0 saturated carbocycles. The minimum atomic E-state index is -1.94. The van der Waals surface area contributed by atoms with Crippen molar-refractivity contribution in [2.75, 3.05) is 26.3 Å². The number of amides is 2. The average molecular weight is 592 g/mol. The molecular formula is C21H37N9O11. The second-order valence-electron chi connectivity index (χ2n) is 9.80. The van der Waals surface area contributed by atoms with Gasteiger partial charge in [-0.05, 0) is 0 Å². The number of nitrogens with one attached hydrogen (secondary N) is 3. The van der Waals surface area contributed by atoms with E-state index in [0.717, 1.165) is 4.90 Å². The number of guanidine groups is 2. The lowest BCUT2D eigenvalue weighted by atomic mass is 9.95. The third-order valence-corrected chi connectivity index (χ3v) is 7.08. The average Bonchev–Trinajstić information content (AvgIpc) is 3.57. The summed E-state index contributed by atoms with van der Waals surface area (Å²) in [5, 5.41) is 78.7. The summed E-state index contributed by atoms with van der Waals surface area (Å²) in [5.74, 6) is -2.56. The van der Waals surface area contributed by atoms with Gasteiger partial charge < -0.3 is 83.3 Å². The minimum Gasteiger partial charge on any atom is -0.394 e. The number of aldehydes is 1. The molecule has 4 unspecified atom stereocenters. The third kappa shape index (κ3) is 6.82. The van der Waals surface area contributed by atoms with Crippen molar-refractivity contribution in [3.05, 3.63) is 0 Å². The number of rotatable bonds is 12. The van der Waals surface area contributed by atoms with E-state index in [9.17, 15) is 50.1 Å². The van der Waals surface area contributed by atoms with Gasteiger partial charge in [-0.25, -0.2) is 0 Å². The summed E-state index contributed by atoms with van der Waals surface area (Å²) >= 11 is 0. The second-order valence-corrected chi connectivity index (χ2v) is 9.80. The fourth-order valence-corrected chi connectivity index (χ4v) is 4.68. The van der Waals surface area contributed by atoms with Crippen molar-refractivity contribution in [1.82, 2.24) is 20.9 Å². The van der Waals surface area contributed by atoms with Crippen LogP contribution in [0, 0.1) is 0 Å². The fraction of sp³-hybridized carbons (Fsp3) is 0.762. The molecule has 0 bridgehead atoms. The zero-order chi connectivity index (χ0) is 30.6. The quantitative estimate of drug-likeness (QED) is 0.0936. The SMILES string of the molecule is NC1=NCC(C(O)[C@H](N)C(=O)N[C@@H](C(=O)N[C@H](C=O)CO)C(O)C2CN=C(N)N2[C@H]2O[C@H](CO)[C@@H](O)[C@H](O)[C@@H]2O)N1. The Bertz CT molecular complexity index is 1020. The highest BCUT2D eigenvalue weighted by molar-refractivity contribution is 5.92. The molecule has 0 aromatic rings. The van der Waals surface area contributed by atoms with Crippen LogP contribution < -0.4 is 33.2 Å². The lowest BCUT2D eigenvalue weighted by molar-refractivity contribution is -0.260. The number of aliphatic imine (C=N–C) groups is 2. The standard InChI is InChI=1S/C21H37N9O11/c22-10(12(34)7-1-25-20(23)28-7)17(39)29-11(18(40)27-6(3-31)4-32)13(35)8-2-26-21(24)30(8)19-16(38)15(37)14(36)9(5-33)41-19/h3,6-16,19,32-38H,1-2,4-5,22H2,(H2,24,26)(H,27,40)(H,29,39)(H3,23,25,28)/t6-,7?,8?,9-,10+,11-,12?,13?,14-,15+,16+,19+/m1/s1. The summed E-state index contributed by atoms with van der Waals surface area (Å²) in [6, 6.07) is -7.15. The molecule has 3 heterocycles. The molecule has 16 N–H and O–H groups in total. The van der Waals surface area contributed by atoms with Gasteiger partial charge in [0.25, 0.3) is 0 Å². The van der Waals surface area contributed by atoms with E-state index >= 15 is 0 Å². The van der Waals surface area contributed by atoms with Gasteiger partial charge in [0, 0.05) is 0 Å². The molecule has 0 aliphatic carbocycles. The Morgan fingerprint density at radius 2 is 1.73 bits per heavy atom. The first-order valence-corrected chi connectivity index (χ1v) is 12.6. The molecule has 2 amide bonds. The third-order valence-electron chi connectivity index (χ3n) is 7.08. The maximum atomic E-state index is 13.1. The van der Waals surface area contributed by atoms with Crippen LogP contribution in [0.25, 0.3) is 0 Å². The predicted octanol–water partition coefficient (Wildman–Crippen LogP) is -9.72. The van der Waals surface area contributed by atoms with Crippen LogP contribution in [0.1, 0.15) is 0 Å². The number of carbonyl (C=O) groups excluding carboxylic acids is 3. The molecule has 20 heteroatoms. The number of carbonyl (C=O) groups is 3. The van der Waals surface area contributed by atoms with Gasteiger partial charge in [-0.2, -0.15) is 0 Å². The number of hydrogen-bond donors (Lipinski definition) is 13. The zero-order valence-electron chi connectivity index (χ0n) is 21.7. The smallest absolute Gasteiger partial charge is 0.246 e. The van der Waals surface area contributed by atoms with Crippen LogP contribution in [0.2, 0.25) is 0 Å². The first-order valence-electron chi connectivity index (χ1n) is 12.6. The molecule has 1 saturated heterocycles.